The fourth-order valence-electron chi connectivity index (χ4n) is 5.98. The molecule has 37 heavy (non-hydrogen) atoms. The largest absolute Gasteiger partial charge is 0.478 e. The molecule has 2 saturated carbocycles. The Morgan fingerprint density at radius 1 is 0.865 bits per heavy atom. The van der Waals surface area contributed by atoms with E-state index in [1.54, 1.807) is 0 Å². The minimum absolute atomic E-state index is 0.0156. The van der Waals surface area contributed by atoms with Gasteiger partial charge in [0.25, 0.3) is 17.0 Å². The number of amides is 1. The van der Waals surface area contributed by atoms with Crippen LogP contribution in [0.2, 0.25) is 0 Å². The molecule has 4 aromatic rings. The molecule has 5 N–H and O–H groups in total. The summed E-state index contributed by atoms with van der Waals surface area (Å²) in [6, 6.07) is 4.17. The monoisotopic (exact) mass is 504 g/mol. The van der Waals surface area contributed by atoms with Crippen molar-refractivity contribution in [1.29, 1.82) is 5.41 Å². The van der Waals surface area contributed by atoms with Crippen LogP contribution in [0.3, 0.4) is 0 Å². The Labute approximate surface area is 213 Å². The topological polar surface area (TPSA) is 152 Å². The first-order valence-corrected chi connectivity index (χ1v) is 13.1. The molecule has 6 rings (SSSR count). The summed E-state index contributed by atoms with van der Waals surface area (Å²) in [5, 5.41) is 25.8. The van der Waals surface area contributed by atoms with Crippen LogP contribution in [0.25, 0.3) is 21.5 Å². The van der Waals surface area contributed by atoms with Crippen molar-refractivity contribution in [2.75, 3.05) is 0 Å². The number of aromatic carboxylic acids is 1. The van der Waals surface area contributed by atoms with Crippen molar-refractivity contribution < 1.29 is 14.7 Å². The molecule has 0 aliphatic heterocycles. The number of carboxylic acids is 1. The van der Waals surface area contributed by atoms with Crippen LogP contribution < -0.4 is 21.8 Å². The van der Waals surface area contributed by atoms with Gasteiger partial charge in [0.15, 0.2) is 0 Å². The third-order valence-electron chi connectivity index (χ3n) is 8.03. The van der Waals surface area contributed by atoms with Crippen molar-refractivity contribution in [3.63, 3.8) is 0 Å². The molecule has 2 heterocycles. The number of fused-ring (bicyclic) bond motifs is 3. The Hall–Kier alpha value is -3.75. The van der Waals surface area contributed by atoms with Crippen LogP contribution in [-0.2, 0) is 0 Å². The lowest BCUT2D eigenvalue weighted by atomic mass is 9.86. The van der Waals surface area contributed by atoms with E-state index in [2.05, 4.69) is 22.5 Å². The van der Waals surface area contributed by atoms with Gasteiger partial charge in [0.1, 0.15) is 5.84 Å². The normalized spacial score (nSPS) is 20.7. The lowest BCUT2D eigenvalue weighted by molar-refractivity contribution is 0.0696. The molecule has 0 saturated heterocycles. The molecule has 2 aliphatic rings. The van der Waals surface area contributed by atoms with Crippen LogP contribution in [-0.4, -0.2) is 39.9 Å². The molecule has 2 aromatic heterocycles. The summed E-state index contributed by atoms with van der Waals surface area (Å²) >= 11 is 0. The molecule has 9 heteroatoms. The highest BCUT2D eigenvalue weighted by atomic mass is 16.4. The molecule has 2 aliphatic carbocycles. The maximum Gasteiger partial charge on any atom is 0.336 e. The minimum atomic E-state index is -1.31. The number of nitrogens with one attached hydrogen (secondary N) is 4. The third-order valence-corrected chi connectivity index (χ3v) is 8.03. The summed E-state index contributed by atoms with van der Waals surface area (Å²) < 4.78 is 0. The van der Waals surface area contributed by atoms with E-state index in [9.17, 15) is 24.3 Å². The number of H-pyrrole nitrogens is 1. The number of aromatic amines is 1. The fraction of sp³-hybridized carbons (Fsp3) is 0.464. The van der Waals surface area contributed by atoms with Gasteiger partial charge in [-0.1, -0.05) is 26.2 Å². The highest BCUT2D eigenvalue weighted by molar-refractivity contribution is 6.27. The molecule has 2 aromatic carbocycles. The van der Waals surface area contributed by atoms with Crippen molar-refractivity contribution in [2.45, 2.75) is 76.8 Å². The second-order valence-corrected chi connectivity index (χ2v) is 10.6. The highest BCUT2D eigenvalue weighted by Crippen LogP contribution is 2.33. The van der Waals surface area contributed by atoms with Gasteiger partial charge in [-0.05, 0) is 62.6 Å². The Kier molecular flexibility index (Phi) is 6.70. The van der Waals surface area contributed by atoms with Gasteiger partial charge in [0.05, 0.1) is 5.56 Å². The molecular weight excluding hydrogens is 472 g/mol. The van der Waals surface area contributed by atoms with Crippen molar-refractivity contribution in [3.05, 3.63) is 55.6 Å². The van der Waals surface area contributed by atoms with E-state index in [0.29, 0.717) is 5.92 Å². The summed E-state index contributed by atoms with van der Waals surface area (Å²) in [6.07, 6.45) is 8.49. The highest BCUT2D eigenvalue weighted by Gasteiger charge is 2.29. The van der Waals surface area contributed by atoms with Crippen LogP contribution >= 0.6 is 0 Å². The van der Waals surface area contributed by atoms with E-state index in [1.165, 1.54) is 18.2 Å². The first kappa shape index (κ1) is 24.9. The number of carbonyl (C=O) groups is 2. The van der Waals surface area contributed by atoms with Gasteiger partial charge in [0.2, 0.25) is 0 Å². The molecule has 0 atom stereocenters. The summed E-state index contributed by atoms with van der Waals surface area (Å²) in [4.78, 5) is 54.2. The van der Waals surface area contributed by atoms with Gasteiger partial charge in [-0.3, -0.25) is 24.8 Å². The molecular formula is C28H32N4O5. The molecule has 2 bridgehead atoms. The lowest BCUT2D eigenvalue weighted by Crippen LogP contribution is -2.38. The molecule has 194 valence electrons. The predicted octanol–water partition coefficient (Wildman–Crippen LogP) is 3.73. The van der Waals surface area contributed by atoms with Gasteiger partial charge in [-0.25, -0.2) is 4.79 Å². The fourth-order valence-corrected chi connectivity index (χ4v) is 5.98. The number of benzene rings is 2. The van der Waals surface area contributed by atoms with Gasteiger partial charge in [-0.2, -0.15) is 0 Å². The molecule has 1 amide bonds. The zero-order chi connectivity index (χ0) is 26.3. The average molecular weight is 505 g/mol. The number of rotatable bonds is 5. The van der Waals surface area contributed by atoms with Gasteiger partial charge < -0.3 is 15.7 Å². The van der Waals surface area contributed by atoms with Gasteiger partial charge in [0, 0.05) is 44.8 Å². The van der Waals surface area contributed by atoms with Gasteiger partial charge >= 0.3 is 5.97 Å². The molecule has 2 fully saturated rings. The second kappa shape index (κ2) is 9.95. The summed E-state index contributed by atoms with van der Waals surface area (Å²) in [7, 11) is 0. The second-order valence-electron chi connectivity index (χ2n) is 10.6. The zero-order valence-electron chi connectivity index (χ0n) is 20.9. The molecule has 0 spiro atoms. The van der Waals surface area contributed by atoms with Crippen molar-refractivity contribution in [2.24, 2.45) is 5.92 Å². The summed E-state index contributed by atoms with van der Waals surface area (Å²) in [5.41, 5.74) is -1.53. The number of amidine groups is 1. The standard InChI is InChI=1S/C28H32N4O5/c1-14-7-9-16(10-8-14)31-27(35)19-13-20(28(36)37)23(24(29)30-15-5-3-2-4-6-15)22-18-12-11-17(21(19)22)25(33)32-26(18)34/h11-16H,2-10H2,1H3,(H2,29,30)(H,31,35)(H,36,37)(H,32,33,34)/t14-,16-. The number of hydrogen-bond donors (Lipinski definition) is 5. The maximum absolute atomic E-state index is 13.6. The number of carbonyl (C=O) groups excluding carboxylic acids is 1. The van der Waals surface area contributed by atoms with Crippen LogP contribution in [0.4, 0.5) is 0 Å². The van der Waals surface area contributed by atoms with E-state index < -0.39 is 23.0 Å². The maximum atomic E-state index is 13.6. The Bertz CT molecular complexity index is 1500. The Morgan fingerprint density at radius 3 is 2.08 bits per heavy atom. The average Bonchev–Trinajstić information content (AvgIpc) is 3.08. The minimum Gasteiger partial charge on any atom is -0.478 e. The van der Waals surface area contributed by atoms with E-state index in [0.717, 1.165) is 57.8 Å². The summed E-state index contributed by atoms with van der Waals surface area (Å²) in [5.74, 6) is -1.32. The first-order valence-electron chi connectivity index (χ1n) is 13.1. The zero-order valence-corrected chi connectivity index (χ0v) is 20.9. The summed E-state index contributed by atoms with van der Waals surface area (Å²) in [6.45, 7) is 2.18. The number of aromatic nitrogens is 1. The van der Waals surface area contributed by atoms with Crippen LogP contribution in [0.15, 0.2) is 27.8 Å². The third kappa shape index (κ3) is 4.70. The smallest absolute Gasteiger partial charge is 0.336 e. The van der Waals surface area contributed by atoms with Crippen molar-refractivity contribution in [3.8, 4) is 0 Å². The molecule has 9 nitrogen and oxygen atoms in total. The lowest BCUT2D eigenvalue weighted by Gasteiger charge is -2.27. The van der Waals surface area contributed by atoms with Crippen molar-refractivity contribution >= 4 is 39.3 Å². The van der Waals surface area contributed by atoms with E-state index >= 15 is 0 Å². The number of carboxylic acid groups (broad SMARTS) is 1. The van der Waals surface area contributed by atoms with E-state index in [-0.39, 0.29) is 56.2 Å². The van der Waals surface area contributed by atoms with Crippen LogP contribution in [0, 0.1) is 11.3 Å². The molecule has 0 radical (unpaired) electrons. The van der Waals surface area contributed by atoms with Crippen molar-refractivity contribution in [1.82, 2.24) is 15.6 Å². The first-order chi connectivity index (χ1) is 17.7. The quantitative estimate of drug-likeness (QED) is 0.264. The van der Waals surface area contributed by atoms with Crippen LogP contribution in [0.1, 0.15) is 91.0 Å². The Morgan fingerprint density at radius 2 is 1.46 bits per heavy atom. The van der Waals surface area contributed by atoms with Crippen LogP contribution in [0.5, 0.6) is 0 Å². The number of hydrogen-bond acceptors (Lipinski definition) is 5. The van der Waals surface area contributed by atoms with Gasteiger partial charge in [-0.15, -0.1) is 0 Å². The van der Waals surface area contributed by atoms with E-state index in [1.807, 2.05) is 0 Å². The van der Waals surface area contributed by atoms with E-state index in [4.69, 9.17) is 5.41 Å². The predicted molar refractivity (Wildman–Crippen MR) is 142 cm³/mol. The molecule has 0 unspecified atom stereocenters. The Balaban J connectivity index is 1.72. The SMILES string of the molecule is C[C@H]1CC[C@H](NC(=O)c2cc(C(=O)O)c(C(=N)NC3CCCCC3)c3c4ccc(c(=O)[nH]c4=O)c23)CC1.